The number of aromatic nitrogens is 7. The van der Waals surface area contributed by atoms with Crippen molar-refractivity contribution in [3.63, 3.8) is 0 Å². The third kappa shape index (κ3) is 10.3. The zero-order valence-electron chi connectivity index (χ0n) is 46.6. The molecule has 1 N–H and O–H groups in total. The van der Waals surface area contributed by atoms with Gasteiger partial charge in [0.15, 0.2) is 12.0 Å². The van der Waals surface area contributed by atoms with E-state index in [-0.39, 0.29) is 79.7 Å². The van der Waals surface area contributed by atoms with Crippen molar-refractivity contribution >= 4 is 45.6 Å². The minimum atomic E-state index is -0.896. The number of likely N-dealkylation sites (tertiary alicyclic amines) is 2. The van der Waals surface area contributed by atoms with E-state index in [9.17, 15) is 19.5 Å². The fourth-order valence-corrected chi connectivity index (χ4v) is 12.5. The second-order valence-corrected chi connectivity index (χ2v) is 23.8. The number of aliphatic hydroxyl groups is 1. The Morgan fingerprint density at radius 1 is 0.900 bits per heavy atom. The maximum atomic E-state index is 16.9. The number of esters is 1. The van der Waals surface area contributed by atoms with E-state index in [0.29, 0.717) is 85.2 Å². The average molecular weight is 1100 g/mol. The van der Waals surface area contributed by atoms with Gasteiger partial charge in [0.1, 0.15) is 53.2 Å². The van der Waals surface area contributed by atoms with Crippen LogP contribution in [-0.4, -0.2) is 150 Å². The number of amides is 2. The number of piperazine rings is 1. The molecule has 20 nitrogen and oxygen atoms in total. The van der Waals surface area contributed by atoms with Crippen LogP contribution in [0, 0.1) is 18.7 Å². The second kappa shape index (κ2) is 21.5. The van der Waals surface area contributed by atoms with E-state index in [1.165, 1.54) is 16.7 Å². The van der Waals surface area contributed by atoms with Crippen LogP contribution in [0.5, 0.6) is 11.8 Å². The van der Waals surface area contributed by atoms with E-state index in [1.54, 1.807) is 12.3 Å². The number of halogens is 1. The molecule has 8 heterocycles. The van der Waals surface area contributed by atoms with Crippen LogP contribution in [0.3, 0.4) is 0 Å². The Hall–Kier alpha value is -6.97. The van der Waals surface area contributed by atoms with Crippen LogP contribution in [0.25, 0.3) is 44.2 Å². The molecule has 21 heteroatoms. The van der Waals surface area contributed by atoms with Gasteiger partial charge in [0, 0.05) is 79.0 Å². The first kappa shape index (κ1) is 53.7. The Bertz CT molecular complexity index is 3330. The Kier molecular flexibility index (Phi) is 14.4. The van der Waals surface area contributed by atoms with Crippen molar-refractivity contribution in [2.24, 2.45) is 5.92 Å². The molecule has 6 atom stereocenters. The number of fused-ring (bicyclic) bond motifs is 4. The largest absolute Gasteiger partial charge is 0.486 e. The van der Waals surface area contributed by atoms with E-state index in [2.05, 4.69) is 21.3 Å². The number of carbonyl (C=O) groups excluding carboxylic acids is 3. The molecule has 1 unspecified atom stereocenters. The second-order valence-electron chi connectivity index (χ2n) is 23.8. The van der Waals surface area contributed by atoms with Crippen LogP contribution >= 0.6 is 0 Å². The molecule has 1 aliphatic carbocycles. The minimum absolute atomic E-state index is 0.0107. The number of hydrogen-bond acceptors (Lipinski definition) is 16. The van der Waals surface area contributed by atoms with Gasteiger partial charge in [0.25, 0.3) is 0 Å². The molecule has 2 bridgehead atoms. The molecule has 5 saturated heterocycles. The van der Waals surface area contributed by atoms with E-state index in [1.807, 2.05) is 81.6 Å². The molecule has 6 fully saturated rings. The first-order chi connectivity index (χ1) is 38.5. The highest BCUT2D eigenvalue weighted by molar-refractivity contribution is 6.06. The van der Waals surface area contributed by atoms with Gasteiger partial charge in [-0.15, -0.1) is 5.10 Å². The van der Waals surface area contributed by atoms with Crippen molar-refractivity contribution in [1.29, 1.82) is 0 Å². The maximum Gasteiger partial charge on any atom is 0.410 e. The number of methoxy groups -OCH3 is 1. The predicted molar refractivity (Wildman–Crippen MR) is 293 cm³/mol. The first-order valence-electron chi connectivity index (χ1n) is 28.4. The topological polar surface area (TPSA) is 211 Å². The van der Waals surface area contributed by atoms with Gasteiger partial charge < -0.3 is 48.2 Å². The van der Waals surface area contributed by atoms with Gasteiger partial charge in [-0.1, -0.05) is 43.3 Å². The summed E-state index contributed by atoms with van der Waals surface area (Å²) in [5.41, 5.74) is 5.51. The highest BCUT2D eigenvalue weighted by Crippen LogP contribution is 2.54. The van der Waals surface area contributed by atoms with E-state index >= 15 is 4.39 Å². The number of benzene rings is 3. The smallest absolute Gasteiger partial charge is 0.410 e. The molecule has 1 saturated carbocycles. The molecule has 12 rings (SSSR count). The molecule has 3 aromatic heterocycles. The first-order valence-corrected chi connectivity index (χ1v) is 28.4. The van der Waals surface area contributed by atoms with Gasteiger partial charge in [0.05, 0.1) is 56.4 Å². The van der Waals surface area contributed by atoms with Crippen molar-refractivity contribution in [1.82, 2.24) is 44.5 Å². The predicted octanol–water partition coefficient (Wildman–Crippen LogP) is 8.60. The summed E-state index contributed by atoms with van der Waals surface area (Å²) in [7, 11) is 1.27. The van der Waals surface area contributed by atoms with E-state index in [4.69, 9.17) is 43.5 Å². The number of aliphatic hydroxyl groups excluding tert-OH is 1. The third-order valence-electron chi connectivity index (χ3n) is 16.7. The molecule has 80 heavy (non-hydrogen) atoms. The Balaban J connectivity index is 0.947. The molecule has 2 amide bonds. The van der Waals surface area contributed by atoms with E-state index < -0.39 is 29.8 Å². The van der Waals surface area contributed by atoms with Crippen LogP contribution in [0.2, 0.25) is 0 Å². The van der Waals surface area contributed by atoms with Crippen LogP contribution in [0.4, 0.5) is 15.0 Å². The standard InChI is InChI=1S/C59H71FN10O10/c1-32(2)52(55(72)68-29-39(71)23-47(68)56(73)75-7)69-30-45(64-65-69)36-13-11-34(12-14-36)31-78-53-50(49-33(3)44(60)25-46-43(49)26-61-70(46)48-10-8-9-19-77-48)41(35-15-16-35)24-42-51(53)62-57(79-40-17-20-76-21-18-40)63-54(42)66-27-38-22-37(66)28-67(38)58(74)80-59(4,5)6/h11-14,24-26,30,32,35,37-40,47-48,52,71H,8-10,15-23,27-29,31H2,1-7H3/t37-,38-,39+,47-,48?,52-/m0/s1. The number of carbonyl (C=O) groups is 3. The number of anilines is 1. The molecule has 0 radical (unpaired) electrons. The summed E-state index contributed by atoms with van der Waals surface area (Å²) in [6.07, 6.45) is 8.60. The fourth-order valence-electron chi connectivity index (χ4n) is 12.5. The highest BCUT2D eigenvalue weighted by Gasteiger charge is 2.48. The molecule has 424 valence electrons. The summed E-state index contributed by atoms with van der Waals surface area (Å²) in [6, 6.07) is 9.88. The molecular weight excluding hydrogens is 1030 g/mol. The number of rotatable bonds is 14. The summed E-state index contributed by atoms with van der Waals surface area (Å²) in [5, 5.41) is 25.8. The number of nitrogens with zero attached hydrogens (tertiary/aromatic N) is 10. The Labute approximate surface area is 463 Å². The maximum absolute atomic E-state index is 16.9. The molecular formula is C59H71FN10O10. The van der Waals surface area contributed by atoms with Gasteiger partial charge in [-0.05, 0) is 101 Å². The molecule has 6 aliphatic rings. The summed E-state index contributed by atoms with van der Waals surface area (Å²) >= 11 is 0. The van der Waals surface area contributed by atoms with Gasteiger partial charge in [0.2, 0.25) is 5.91 Å². The van der Waals surface area contributed by atoms with Crippen molar-refractivity contribution in [3.8, 4) is 34.1 Å². The number of β-amino-alcohol motifs (C(OH)–C–C–N with tert-alkyl or cyclic N) is 1. The normalized spacial score (nSPS) is 22.9. The van der Waals surface area contributed by atoms with Gasteiger partial charge in [-0.25, -0.2) is 23.3 Å². The van der Waals surface area contributed by atoms with Crippen LogP contribution in [0.1, 0.15) is 127 Å². The SMILES string of the molecule is COC(=O)[C@@H]1C[C@@H](O)CN1C(=O)[C@H](C(C)C)n1cc(-c2ccc(COc3c(-c4c(C)c(F)cc5c4cnn5C4CCCCO4)c(C4CC4)cc4c(N5C[C@@H]6C[C@H]5CN6C(=O)OC(C)(C)C)nc(OC5CCOCC5)nc34)cc2)nn1. The van der Waals surface area contributed by atoms with Gasteiger partial charge in [-0.3, -0.25) is 4.79 Å². The van der Waals surface area contributed by atoms with Crippen molar-refractivity contribution in [2.45, 2.75) is 160 Å². The van der Waals surface area contributed by atoms with Crippen molar-refractivity contribution in [3.05, 3.63) is 71.3 Å². The monoisotopic (exact) mass is 1100 g/mol. The molecule has 3 aromatic carbocycles. The Morgan fingerprint density at radius 3 is 2.38 bits per heavy atom. The van der Waals surface area contributed by atoms with Crippen molar-refractivity contribution in [2.75, 3.05) is 51.5 Å². The summed E-state index contributed by atoms with van der Waals surface area (Å²) in [5.74, 6) is -0.231. The molecule has 0 spiro atoms. The lowest BCUT2D eigenvalue weighted by atomic mass is 9.88. The van der Waals surface area contributed by atoms with Crippen LogP contribution in [0.15, 0.2) is 48.8 Å². The molecule has 5 aliphatic heterocycles. The number of ether oxygens (including phenoxy) is 6. The van der Waals surface area contributed by atoms with Gasteiger partial charge >= 0.3 is 18.1 Å². The summed E-state index contributed by atoms with van der Waals surface area (Å²) < 4.78 is 57.0. The average Bonchev–Trinajstić information content (AvgIpc) is 3.43. The van der Waals surface area contributed by atoms with Crippen LogP contribution in [-0.2, 0) is 35.1 Å². The minimum Gasteiger partial charge on any atom is -0.486 e. The molecule has 6 aromatic rings. The van der Waals surface area contributed by atoms with E-state index in [0.717, 1.165) is 71.6 Å². The number of hydrogen-bond donors (Lipinski definition) is 1. The van der Waals surface area contributed by atoms with Crippen molar-refractivity contribution < 1.29 is 52.3 Å². The highest BCUT2D eigenvalue weighted by atomic mass is 19.1. The zero-order valence-corrected chi connectivity index (χ0v) is 46.6. The lowest BCUT2D eigenvalue weighted by Crippen LogP contribution is -2.50. The quantitative estimate of drug-likeness (QED) is 0.101. The lowest BCUT2D eigenvalue weighted by molar-refractivity contribution is -0.152. The fraction of sp³-hybridized carbons (Fsp3) is 0.559. The zero-order chi connectivity index (χ0) is 55.7. The Morgan fingerprint density at radius 2 is 1.69 bits per heavy atom. The third-order valence-corrected chi connectivity index (χ3v) is 16.7. The summed E-state index contributed by atoms with van der Waals surface area (Å²) in [4.78, 5) is 56.4. The van der Waals surface area contributed by atoms with Gasteiger partial charge in [-0.2, -0.15) is 15.1 Å². The summed E-state index contributed by atoms with van der Waals surface area (Å²) in [6.45, 7) is 14.1. The lowest BCUT2D eigenvalue weighted by Gasteiger charge is -2.36. The van der Waals surface area contributed by atoms with Crippen LogP contribution < -0.4 is 14.4 Å².